The van der Waals surface area contributed by atoms with Crippen LogP contribution in [0.2, 0.25) is 0 Å². The highest BCUT2D eigenvalue weighted by atomic mass is 35.5. The zero-order valence-electron chi connectivity index (χ0n) is 24.4. The molecule has 1 aliphatic rings. The van der Waals surface area contributed by atoms with E-state index in [1.165, 1.54) is 25.5 Å². The summed E-state index contributed by atoms with van der Waals surface area (Å²) < 4.78 is 15.3. The number of halogens is 1. The SMILES string of the molecule is COC1=CC[C@@H]([C@@H](C)/C=C\C#C/C=C/C(=O)NC(C(=O)N/C=C\C[C@H](C/C=C(\C)Cl)OC(N)=O)C(C)(C)C)OC1=O. The van der Waals surface area contributed by atoms with Crippen LogP contribution in [0.5, 0.6) is 0 Å². The van der Waals surface area contributed by atoms with Gasteiger partial charge in [-0.25, -0.2) is 9.59 Å². The molecular weight excluding hydrogens is 550 g/mol. The molecule has 3 amide bonds. The zero-order valence-corrected chi connectivity index (χ0v) is 25.1. The molecule has 224 valence electrons. The van der Waals surface area contributed by atoms with Crippen LogP contribution >= 0.6 is 11.6 Å². The Bertz CT molecular complexity index is 1150. The van der Waals surface area contributed by atoms with E-state index >= 15 is 0 Å². The molecule has 4 atom stereocenters. The van der Waals surface area contributed by atoms with E-state index in [0.717, 1.165) is 0 Å². The molecule has 0 aromatic rings. The first-order valence-electron chi connectivity index (χ1n) is 13.1. The number of carbonyl (C=O) groups is 4. The smallest absolute Gasteiger partial charge is 0.404 e. The number of rotatable bonds is 12. The Hall–Kier alpha value is -3.97. The molecule has 0 saturated carbocycles. The molecular formula is C30H40ClN3O7. The summed E-state index contributed by atoms with van der Waals surface area (Å²) in [5, 5.41) is 5.90. The predicted octanol–water partition coefficient (Wildman–Crippen LogP) is 4.13. The second kappa shape index (κ2) is 17.7. The van der Waals surface area contributed by atoms with Crippen molar-refractivity contribution in [3.8, 4) is 11.8 Å². The molecule has 0 bridgehead atoms. The van der Waals surface area contributed by atoms with Gasteiger partial charge in [0, 0.05) is 36.3 Å². The molecule has 0 aliphatic carbocycles. The number of amides is 3. The summed E-state index contributed by atoms with van der Waals surface area (Å²) in [6.07, 6.45) is 12.0. The molecule has 0 radical (unpaired) electrons. The highest BCUT2D eigenvalue weighted by Crippen LogP contribution is 2.22. The van der Waals surface area contributed by atoms with Crippen molar-refractivity contribution in [1.29, 1.82) is 0 Å². The van der Waals surface area contributed by atoms with Crippen molar-refractivity contribution in [3.63, 3.8) is 0 Å². The fourth-order valence-corrected chi connectivity index (χ4v) is 3.63. The average Bonchev–Trinajstić information content (AvgIpc) is 2.88. The Morgan fingerprint density at radius 2 is 1.93 bits per heavy atom. The van der Waals surface area contributed by atoms with Crippen LogP contribution in [0.1, 0.15) is 53.9 Å². The normalized spacial score (nSPS) is 18.1. The standard InChI is InChI=1S/C30H40ClN3O7/c1-20(23-17-18-24(39-6)28(37)41-23)12-9-7-8-10-14-25(35)34-26(30(3,4)5)27(36)33-19-11-13-22(40-29(32)38)16-15-21(2)31/h9-12,14-15,18-20,22-23,26H,13,16-17H2,1-6H3,(H2,32,38)(H,33,36)(H,34,35)/b12-9-,14-10+,19-11-,21-15+/t20-,22+,23-,26?/m0/s1. The largest absolute Gasteiger partial charge is 0.490 e. The highest BCUT2D eigenvalue weighted by molar-refractivity contribution is 6.29. The zero-order chi connectivity index (χ0) is 31.0. The summed E-state index contributed by atoms with van der Waals surface area (Å²) in [6.45, 7) is 9.08. The van der Waals surface area contributed by atoms with Crippen molar-refractivity contribution in [2.75, 3.05) is 7.11 Å². The molecule has 0 spiro atoms. The first-order valence-corrected chi connectivity index (χ1v) is 13.5. The average molecular weight is 590 g/mol. The van der Waals surface area contributed by atoms with Crippen molar-refractivity contribution in [1.82, 2.24) is 10.6 Å². The maximum atomic E-state index is 12.8. The van der Waals surface area contributed by atoms with E-state index in [0.29, 0.717) is 24.3 Å². The van der Waals surface area contributed by atoms with Gasteiger partial charge in [0.05, 0.1) is 7.11 Å². The Morgan fingerprint density at radius 3 is 2.51 bits per heavy atom. The molecule has 0 aromatic heterocycles. The molecule has 1 rings (SSSR count). The summed E-state index contributed by atoms with van der Waals surface area (Å²) in [4.78, 5) is 48.2. The van der Waals surface area contributed by atoms with E-state index in [1.807, 2.05) is 33.8 Å². The quantitative estimate of drug-likeness (QED) is 0.176. The monoisotopic (exact) mass is 589 g/mol. The molecule has 1 heterocycles. The number of nitrogens with one attached hydrogen (secondary N) is 2. The van der Waals surface area contributed by atoms with Gasteiger partial charge in [0.2, 0.25) is 11.8 Å². The van der Waals surface area contributed by atoms with Gasteiger partial charge in [0.1, 0.15) is 18.2 Å². The highest BCUT2D eigenvalue weighted by Gasteiger charge is 2.32. The van der Waals surface area contributed by atoms with E-state index < -0.39 is 41.4 Å². The van der Waals surface area contributed by atoms with Gasteiger partial charge in [0.25, 0.3) is 0 Å². The van der Waals surface area contributed by atoms with Crippen LogP contribution in [0, 0.1) is 23.2 Å². The molecule has 4 N–H and O–H groups in total. The molecule has 0 fully saturated rings. The molecule has 1 aliphatic heterocycles. The van der Waals surface area contributed by atoms with Crippen LogP contribution < -0.4 is 16.4 Å². The van der Waals surface area contributed by atoms with E-state index in [4.69, 9.17) is 31.5 Å². The van der Waals surface area contributed by atoms with E-state index in [-0.39, 0.29) is 17.8 Å². The number of hydrogen-bond donors (Lipinski definition) is 3. The first-order chi connectivity index (χ1) is 19.2. The molecule has 41 heavy (non-hydrogen) atoms. The van der Waals surface area contributed by atoms with E-state index in [1.54, 1.807) is 31.2 Å². The second-order valence-electron chi connectivity index (χ2n) is 10.3. The lowest BCUT2D eigenvalue weighted by molar-refractivity contribution is -0.151. The van der Waals surface area contributed by atoms with Gasteiger partial charge in [-0.3, -0.25) is 9.59 Å². The van der Waals surface area contributed by atoms with Crippen LogP contribution in [0.3, 0.4) is 0 Å². The van der Waals surface area contributed by atoms with Crippen LogP contribution in [0.4, 0.5) is 4.79 Å². The summed E-state index contributed by atoms with van der Waals surface area (Å²) in [5.74, 6) is 4.29. The number of nitrogens with two attached hydrogens (primary N) is 1. The minimum atomic E-state index is -0.905. The Morgan fingerprint density at radius 1 is 1.24 bits per heavy atom. The molecule has 11 heteroatoms. The van der Waals surface area contributed by atoms with Crippen molar-refractivity contribution >= 4 is 35.5 Å². The lowest BCUT2D eigenvalue weighted by Gasteiger charge is -2.29. The van der Waals surface area contributed by atoms with Crippen LogP contribution in [0.15, 0.2) is 59.5 Å². The van der Waals surface area contributed by atoms with Crippen LogP contribution in [-0.2, 0) is 28.6 Å². The summed E-state index contributed by atoms with van der Waals surface area (Å²) in [5.41, 5.74) is 4.52. The lowest BCUT2D eigenvalue weighted by Crippen LogP contribution is -2.52. The minimum Gasteiger partial charge on any atom is -0.490 e. The third-order valence-electron chi connectivity index (χ3n) is 5.79. The van der Waals surface area contributed by atoms with Gasteiger partial charge < -0.3 is 30.6 Å². The Labute approximate surface area is 247 Å². The van der Waals surface area contributed by atoms with E-state index in [2.05, 4.69) is 22.5 Å². The minimum absolute atomic E-state index is 0.0662. The number of esters is 1. The number of methoxy groups -OCH3 is 1. The van der Waals surface area contributed by atoms with Gasteiger partial charge in [0.15, 0.2) is 5.76 Å². The van der Waals surface area contributed by atoms with Crippen molar-refractivity contribution in [2.45, 2.75) is 72.1 Å². The first kappa shape index (κ1) is 35.1. The number of ether oxygens (including phenoxy) is 3. The maximum Gasteiger partial charge on any atom is 0.404 e. The molecule has 10 nitrogen and oxygen atoms in total. The fraction of sp³-hybridized carbons (Fsp3) is 0.467. The number of carbonyl (C=O) groups excluding carboxylic acids is 4. The van der Waals surface area contributed by atoms with Gasteiger partial charge in [-0.1, -0.05) is 69.4 Å². The molecule has 0 saturated heterocycles. The van der Waals surface area contributed by atoms with Gasteiger partial charge in [-0.05, 0) is 36.8 Å². The van der Waals surface area contributed by atoms with E-state index in [9.17, 15) is 19.2 Å². The van der Waals surface area contributed by atoms with Crippen LogP contribution in [0.25, 0.3) is 0 Å². The van der Waals surface area contributed by atoms with Crippen molar-refractivity contribution in [3.05, 3.63) is 59.5 Å². The van der Waals surface area contributed by atoms with Crippen molar-refractivity contribution < 1.29 is 33.4 Å². The summed E-state index contributed by atoms with van der Waals surface area (Å²) in [7, 11) is 1.42. The topological polar surface area (TPSA) is 146 Å². The third-order valence-corrected chi connectivity index (χ3v) is 5.94. The third kappa shape index (κ3) is 14.3. The fourth-order valence-electron chi connectivity index (χ4n) is 3.54. The number of allylic oxidation sites excluding steroid dienone is 3. The second-order valence-corrected chi connectivity index (χ2v) is 10.9. The van der Waals surface area contributed by atoms with Crippen LogP contribution in [-0.4, -0.2) is 49.2 Å². The molecule has 0 aromatic carbocycles. The predicted molar refractivity (Wildman–Crippen MR) is 157 cm³/mol. The Balaban J connectivity index is 2.66. The number of primary amides is 1. The Kier molecular flexibility index (Phi) is 15.1. The van der Waals surface area contributed by atoms with Gasteiger partial charge in [-0.15, -0.1) is 0 Å². The summed E-state index contributed by atoms with van der Waals surface area (Å²) >= 11 is 5.83. The lowest BCUT2D eigenvalue weighted by atomic mass is 9.86. The number of cyclic esters (lactones) is 1. The summed E-state index contributed by atoms with van der Waals surface area (Å²) in [6, 6.07) is -0.844. The van der Waals surface area contributed by atoms with Gasteiger partial charge >= 0.3 is 12.1 Å². The number of hydrogen-bond acceptors (Lipinski definition) is 7. The van der Waals surface area contributed by atoms with Crippen molar-refractivity contribution in [2.24, 2.45) is 17.1 Å². The molecule has 1 unspecified atom stereocenters. The maximum absolute atomic E-state index is 12.8. The van der Waals surface area contributed by atoms with Gasteiger partial charge in [-0.2, -0.15) is 0 Å².